The van der Waals surface area contributed by atoms with Crippen LogP contribution in [0.15, 0.2) is 4.52 Å². The molecular weight excluding hydrogens is 332 g/mol. The Hall–Kier alpha value is -1.47. The second-order valence-electron chi connectivity index (χ2n) is 7.98. The van der Waals surface area contributed by atoms with Gasteiger partial charge in [0.1, 0.15) is 0 Å². The number of nitrogens with zero attached hydrogens (tertiary/aromatic N) is 4. The smallest absolute Gasteiger partial charge is 0.231 e. The first-order chi connectivity index (χ1) is 12.8. The number of amides is 1. The maximum absolute atomic E-state index is 12.4. The van der Waals surface area contributed by atoms with E-state index in [1.54, 1.807) is 0 Å². The summed E-state index contributed by atoms with van der Waals surface area (Å²) in [6.45, 7) is 5.72. The van der Waals surface area contributed by atoms with Gasteiger partial charge in [-0.2, -0.15) is 4.98 Å². The molecule has 0 spiro atoms. The normalized spacial score (nSPS) is 26.4. The number of carbonyl (C=O) groups is 1. The largest absolute Gasteiger partial charge is 0.379 e. The van der Waals surface area contributed by atoms with Gasteiger partial charge in [0.25, 0.3) is 0 Å². The maximum Gasteiger partial charge on any atom is 0.231 e. The third-order valence-corrected chi connectivity index (χ3v) is 6.01. The highest BCUT2D eigenvalue weighted by Gasteiger charge is 2.32. The van der Waals surface area contributed by atoms with Gasteiger partial charge in [0, 0.05) is 32.6 Å². The molecule has 0 aromatic carbocycles. The molecule has 144 valence electrons. The first-order valence-electron chi connectivity index (χ1n) is 10.2. The van der Waals surface area contributed by atoms with Crippen LogP contribution in [-0.4, -0.2) is 65.2 Å². The predicted molar refractivity (Wildman–Crippen MR) is 95.5 cm³/mol. The van der Waals surface area contributed by atoms with Crippen LogP contribution in [0.25, 0.3) is 0 Å². The van der Waals surface area contributed by atoms with E-state index in [2.05, 4.69) is 19.9 Å². The molecule has 4 rings (SSSR count). The number of rotatable bonds is 5. The van der Waals surface area contributed by atoms with Crippen molar-refractivity contribution in [1.29, 1.82) is 0 Å². The van der Waals surface area contributed by atoms with Crippen LogP contribution >= 0.6 is 0 Å². The molecule has 1 amide bonds. The van der Waals surface area contributed by atoms with Gasteiger partial charge in [-0.25, -0.2) is 0 Å². The molecule has 1 atom stereocenters. The molecule has 1 aromatic heterocycles. The molecule has 7 nitrogen and oxygen atoms in total. The van der Waals surface area contributed by atoms with Crippen molar-refractivity contribution in [1.82, 2.24) is 19.9 Å². The van der Waals surface area contributed by atoms with Gasteiger partial charge in [-0.05, 0) is 25.2 Å². The molecule has 3 heterocycles. The zero-order valence-electron chi connectivity index (χ0n) is 15.6. The molecule has 1 aromatic rings. The van der Waals surface area contributed by atoms with Crippen LogP contribution in [0.2, 0.25) is 0 Å². The van der Waals surface area contributed by atoms with E-state index in [-0.39, 0.29) is 5.92 Å². The minimum atomic E-state index is 0.183. The molecule has 26 heavy (non-hydrogen) atoms. The summed E-state index contributed by atoms with van der Waals surface area (Å²) in [5.74, 6) is 2.60. The summed E-state index contributed by atoms with van der Waals surface area (Å²) in [7, 11) is 0. The molecule has 0 radical (unpaired) electrons. The van der Waals surface area contributed by atoms with Gasteiger partial charge < -0.3 is 14.2 Å². The van der Waals surface area contributed by atoms with E-state index in [0.717, 1.165) is 51.6 Å². The lowest BCUT2D eigenvalue weighted by Gasteiger charge is -2.34. The fraction of sp³-hybridized carbons (Fsp3) is 0.842. The molecule has 0 bridgehead atoms. The molecule has 0 N–H and O–H groups in total. The van der Waals surface area contributed by atoms with Crippen molar-refractivity contribution < 1.29 is 14.1 Å². The molecule has 7 heteroatoms. The summed E-state index contributed by atoms with van der Waals surface area (Å²) in [4.78, 5) is 21.3. The van der Waals surface area contributed by atoms with Crippen LogP contribution in [0, 0.1) is 5.92 Å². The number of likely N-dealkylation sites (tertiary alicyclic amines) is 1. The molecule has 0 unspecified atom stereocenters. The number of ether oxygens (including phenoxy) is 1. The lowest BCUT2D eigenvalue weighted by atomic mass is 9.87. The standard InChI is InChI=1S/C19H30N4O3/c24-18-7-6-16(13-23(18)12-15-4-2-1-3-5-15)19-20-17(21-26-19)14-22-8-10-25-11-9-22/h15-16H,1-14H2/t16-/m1/s1. The van der Waals surface area contributed by atoms with Crippen molar-refractivity contribution >= 4 is 5.91 Å². The molecule has 3 fully saturated rings. The summed E-state index contributed by atoms with van der Waals surface area (Å²) in [5.41, 5.74) is 0. The molecule has 3 aliphatic rings. The van der Waals surface area contributed by atoms with E-state index in [1.165, 1.54) is 32.1 Å². The predicted octanol–water partition coefficient (Wildman–Crippen LogP) is 2.19. The van der Waals surface area contributed by atoms with Crippen molar-refractivity contribution in [2.24, 2.45) is 5.92 Å². The van der Waals surface area contributed by atoms with Crippen LogP contribution in [0.4, 0.5) is 0 Å². The minimum absolute atomic E-state index is 0.183. The van der Waals surface area contributed by atoms with Gasteiger partial charge in [0.05, 0.1) is 25.7 Å². The first-order valence-corrected chi connectivity index (χ1v) is 10.2. The van der Waals surface area contributed by atoms with E-state index in [0.29, 0.717) is 30.7 Å². The van der Waals surface area contributed by atoms with E-state index >= 15 is 0 Å². The quantitative estimate of drug-likeness (QED) is 0.800. The Morgan fingerprint density at radius 1 is 1.08 bits per heavy atom. The lowest BCUT2D eigenvalue weighted by molar-refractivity contribution is -0.134. The number of piperidine rings is 1. The zero-order chi connectivity index (χ0) is 17.8. The van der Waals surface area contributed by atoms with E-state index < -0.39 is 0 Å². The second kappa shape index (κ2) is 8.48. The van der Waals surface area contributed by atoms with Gasteiger partial charge in [-0.15, -0.1) is 0 Å². The van der Waals surface area contributed by atoms with Gasteiger partial charge in [-0.3, -0.25) is 9.69 Å². The third kappa shape index (κ3) is 4.43. The van der Waals surface area contributed by atoms with Crippen molar-refractivity contribution in [2.45, 2.75) is 57.4 Å². The summed E-state index contributed by atoms with van der Waals surface area (Å²) in [6, 6.07) is 0. The van der Waals surface area contributed by atoms with Gasteiger partial charge >= 0.3 is 0 Å². The third-order valence-electron chi connectivity index (χ3n) is 6.01. The Labute approximate surface area is 155 Å². The molecular formula is C19H30N4O3. The topological polar surface area (TPSA) is 71.7 Å². The van der Waals surface area contributed by atoms with Crippen LogP contribution in [0.1, 0.15) is 62.6 Å². The Bertz CT molecular complexity index is 593. The number of aromatic nitrogens is 2. The number of hydrogen-bond acceptors (Lipinski definition) is 6. The molecule has 2 saturated heterocycles. The number of hydrogen-bond donors (Lipinski definition) is 0. The van der Waals surface area contributed by atoms with E-state index in [9.17, 15) is 4.79 Å². The van der Waals surface area contributed by atoms with Gasteiger partial charge in [0.2, 0.25) is 11.8 Å². The fourth-order valence-electron chi connectivity index (χ4n) is 4.43. The highest BCUT2D eigenvalue weighted by Crippen LogP contribution is 2.30. The van der Waals surface area contributed by atoms with Crippen LogP contribution in [0.5, 0.6) is 0 Å². The zero-order valence-corrected chi connectivity index (χ0v) is 15.6. The van der Waals surface area contributed by atoms with Crippen LogP contribution in [0.3, 0.4) is 0 Å². The number of morpholine rings is 1. The highest BCUT2D eigenvalue weighted by molar-refractivity contribution is 5.77. The second-order valence-corrected chi connectivity index (χ2v) is 7.98. The molecule has 1 saturated carbocycles. The Kier molecular flexibility index (Phi) is 5.84. The van der Waals surface area contributed by atoms with E-state index in [1.807, 2.05) is 0 Å². The highest BCUT2D eigenvalue weighted by atomic mass is 16.5. The Balaban J connectivity index is 1.34. The van der Waals surface area contributed by atoms with Crippen molar-refractivity contribution in [2.75, 3.05) is 39.4 Å². The fourth-order valence-corrected chi connectivity index (χ4v) is 4.43. The minimum Gasteiger partial charge on any atom is -0.379 e. The van der Waals surface area contributed by atoms with Crippen LogP contribution < -0.4 is 0 Å². The van der Waals surface area contributed by atoms with Crippen LogP contribution in [-0.2, 0) is 16.1 Å². The van der Waals surface area contributed by atoms with Gasteiger partial charge in [-0.1, -0.05) is 24.4 Å². The summed E-state index contributed by atoms with van der Waals surface area (Å²) < 4.78 is 10.9. The van der Waals surface area contributed by atoms with E-state index in [4.69, 9.17) is 9.26 Å². The van der Waals surface area contributed by atoms with Crippen molar-refractivity contribution in [3.63, 3.8) is 0 Å². The van der Waals surface area contributed by atoms with Crippen molar-refractivity contribution in [3.05, 3.63) is 11.7 Å². The summed E-state index contributed by atoms with van der Waals surface area (Å²) >= 11 is 0. The van der Waals surface area contributed by atoms with Crippen molar-refractivity contribution in [3.8, 4) is 0 Å². The monoisotopic (exact) mass is 362 g/mol. The lowest BCUT2D eigenvalue weighted by Crippen LogP contribution is -2.42. The Morgan fingerprint density at radius 2 is 1.88 bits per heavy atom. The maximum atomic E-state index is 12.4. The van der Waals surface area contributed by atoms with Gasteiger partial charge in [0.15, 0.2) is 5.82 Å². The molecule has 2 aliphatic heterocycles. The average Bonchev–Trinajstić information content (AvgIpc) is 3.14. The first kappa shape index (κ1) is 17.9. The number of carbonyl (C=O) groups excluding carboxylic acids is 1. The Morgan fingerprint density at radius 3 is 2.69 bits per heavy atom. The summed E-state index contributed by atoms with van der Waals surface area (Å²) in [5, 5.41) is 4.17. The average molecular weight is 362 g/mol. The molecule has 1 aliphatic carbocycles. The summed E-state index contributed by atoms with van der Waals surface area (Å²) in [6.07, 6.45) is 7.91. The SMILES string of the molecule is O=C1CC[C@@H](c2nc(CN3CCOCC3)no2)CN1CC1CCCCC1.